The Hall–Kier alpha value is -1.03. The predicted octanol–water partition coefficient (Wildman–Crippen LogP) is 4.39. The van der Waals surface area contributed by atoms with E-state index < -0.39 is 5.97 Å². The Morgan fingerprint density at radius 2 is 2.11 bits per heavy atom. The average Bonchev–Trinajstić information content (AvgIpc) is 2.29. The fraction of sp³-hybridized carbons (Fsp3) is 0.500. The molecular weight excluding hydrogens is 294 g/mol. The lowest BCUT2D eigenvalue weighted by atomic mass is 10.1. The molecule has 0 saturated heterocycles. The standard InChI is InChI=1S/C14H20BrNO2/c1-10(2)5-3-4-8-16-13-7-6-11(15)9-12(13)14(17)18/h6-7,9-10,16H,3-5,8H2,1-2H3,(H,17,18). The number of hydrogen-bond acceptors (Lipinski definition) is 2. The van der Waals surface area contributed by atoms with Crippen molar-refractivity contribution in [2.75, 3.05) is 11.9 Å². The Morgan fingerprint density at radius 3 is 2.72 bits per heavy atom. The summed E-state index contributed by atoms with van der Waals surface area (Å²) in [5, 5.41) is 12.3. The van der Waals surface area contributed by atoms with Crippen LogP contribution < -0.4 is 5.32 Å². The van der Waals surface area contributed by atoms with Gasteiger partial charge >= 0.3 is 5.97 Å². The van der Waals surface area contributed by atoms with Gasteiger partial charge in [0.25, 0.3) is 0 Å². The molecule has 0 aliphatic rings. The molecule has 0 saturated carbocycles. The second kappa shape index (κ2) is 7.41. The van der Waals surface area contributed by atoms with Crippen LogP contribution in [0.3, 0.4) is 0 Å². The number of halogens is 1. The minimum Gasteiger partial charge on any atom is -0.478 e. The molecule has 1 aromatic carbocycles. The molecule has 1 aromatic rings. The molecule has 0 aromatic heterocycles. The van der Waals surface area contributed by atoms with Gasteiger partial charge in [0.2, 0.25) is 0 Å². The minimum absolute atomic E-state index is 0.313. The first-order valence-corrected chi connectivity index (χ1v) is 7.06. The molecule has 0 atom stereocenters. The minimum atomic E-state index is -0.902. The van der Waals surface area contributed by atoms with E-state index in [1.165, 1.54) is 12.8 Å². The molecule has 0 radical (unpaired) electrons. The summed E-state index contributed by atoms with van der Waals surface area (Å²) in [6.07, 6.45) is 3.45. The van der Waals surface area contributed by atoms with Gasteiger partial charge in [0.1, 0.15) is 0 Å². The molecule has 100 valence electrons. The Balaban J connectivity index is 2.49. The largest absolute Gasteiger partial charge is 0.478 e. The first kappa shape index (κ1) is 15.0. The first-order valence-electron chi connectivity index (χ1n) is 6.27. The van der Waals surface area contributed by atoms with Crippen molar-refractivity contribution in [3.8, 4) is 0 Å². The van der Waals surface area contributed by atoms with Crippen LogP contribution in [0.4, 0.5) is 5.69 Å². The van der Waals surface area contributed by atoms with Crippen LogP contribution in [0.25, 0.3) is 0 Å². The van der Waals surface area contributed by atoms with Crippen molar-refractivity contribution in [2.24, 2.45) is 5.92 Å². The maximum atomic E-state index is 11.1. The lowest BCUT2D eigenvalue weighted by Gasteiger charge is -2.10. The molecular formula is C14H20BrNO2. The molecule has 0 aliphatic carbocycles. The summed E-state index contributed by atoms with van der Waals surface area (Å²) in [6, 6.07) is 5.28. The zero-order valence-corrected chi connectivity index (χ0v) is 12.5. The number of unbranched alkanes of at least 4 members (excludes halogenated alkanes) is 1. The zero-order chi connectivity index (χ0) is 13.5. The SMILES string of the molecule is CC(C)CCCCNc1ccc(Br)cc1C(=O)O. The van der Waals surface area contributed by atoms with Crippen molar-refractivity contribution in [1.29, 1.82) is 0 Å². The van der Waals surface area contributed by atoms with Gasteiger partial charge in [-0.3, -0.25) is 0 Å². The Morgan fingerprint density at radius 1 is 1.39 bits per heavy atom. The number of nitrogens with one attached hydrogen (secondary N) is 1. The average molecular weight is 314 g/mol. The molecule has 0 aliphatic heterocycles. The van der Waals surface area contributed by atoms with Gasteiger partial charge in [-0.25, -0.2) is 4.79 Å². The molecule has 1 rings (SSSR count). The van der Waals surface area contributed by atoms with Crippen LogP contribution in [-0.2, 0) is 0 Å². The lowest BCUT2D eigenvalue weighted by molar-refractivity contribution is 0.0698. The van der Waals surface area contributed by atoms with Crippen molar-refractivity contribution in [3.05, 3.63) is 28.2 Å². The third-order valence-electron chi connectivity index (χ3n) is 2.74. The van der Waals surface area contributed by atoms with Crippen molar-refractivity contribution in [3.63, 3.8) is 0 Å². The number of benzene rings is 1. The Labute approximate surface area is 117 Å². The number of rotatable bonds is 7. The van der Waals surface area contributed by atoms with Gasteiger partial charge in [-0.15, -0.1) is 0 Å². The van der Waals surface area contributed by atoms with Crippen molar-refractivity contribution < 1.29 is 9.90 Å². The highest BCUT2D eigenvalue weighted by atomic mass is 79.9. The first-order chi connectivity index (χ1) is 8.50. The quantitative estimate of drug-likeness (QED) is 0.734. The summed E-state index contributed by atoms with van der Waals surface area (Å²) in [4.78, 5) is 11.1. The van der Waals surface area contributed by atoms with E-state index in [0.29, 0.717) is 11.3 Å². The van der Waals surface area contributed by atoms with E-state index in [4.69, 9.17) is 5.11 Å². The molecule has 0 spiro atoms. The summed E-state index contributed by atoms with van der Waals surface area (Å²) in [7, 11) is 0. The van der Waals surface area contributed by atoms with Crippen LogP contribution in [-0.4, -0.2) is 17.6 Å². The van der Waals surface area contributed by atoms with E-state index in [1.54, 1.807) is 12.1 Å². The van der Waals surface area contributed by atoms with E-state index in [2.05, 4.69) is 35.1 Å². The number of anilines is 1. The van der Waals surface area contributed by atoms with Gasteiger partial charge in [-0.05, 0) is 30.5 Å². The maximum Gasteiger partial charge on any atom is 0.337 e. The molecule has 4 heteroatoms. The number of carbonyl (C=O) groups is 1. The van der Waals surface area contributed by atoms with Crippen molar-refractivity contribution >= 4 is 27.6 Å². The van der Waals surface area contributed by atoms with E-state index in [1.807, 2.05) is 6.07 Å². The maximum absolute atomic E-state index is 11.1. The van der Waals surface area contributed by atoms with Crippen molar-refractivity contribution in [1.82, 2.24) is 0 Å². The molecule has 0 heterocycles. The van der Waals surface area contributed by atoms with E-state index in [0.717, 1.165) is 23.4 Å². The lowest BCUT2D eigenvalue weighted by Crippen LogP contribution is -2.08. The van der Waals surface area contributed by atoms with Gasteiger partial charge in [0.15, 0.2) is 0 Å². The van der Waals surface area contributed by atoms with Crippen LogP contribution >= 0.6 is 15.9 Å². The number of carboxylic acid groups (broad SMARTS) is 1. The van der Waals surface area contributed by atoms with Crippen LogP contribution in [0.15, 0.2) is 22.7 Å². The predicted molar refractivity (Wildman–Crippen MR) is 78.3 cm³/mol. The summed E-state index contributed by atoms with van der Waals surface area (Å²) < 4.78 is 0.783. The summed E-state index contributed by atoms with van der Waals surface area (Å²) in [5.74, 6) is -0.173. The Kier molecular flexibility index (Phi) is 6.19. The molecule has 0 unspecified atom stereocenters. The van der Waals surface area contributed by atoms with E-state index >= 15 is 0 Å². The monoisotopic (exact) mass is 313 g/mol. The van der Waals surface area contributed by atoms with E-state index in [-0.39, 0.29) is 0 Å². The third-order valence-corrected chi connectivity index (χ3v) is 3.23. The van der Waals surface area contributed by atoms with Crippen LogP contribution in [0.2, 0.25) is 0 Å². The second-order valence-corrected chi connectivity index (χ2v) is 5.73. The van der Waals surface area contributed by atoms with Gasteiger partial charge in [0.05, 0.1) is 5.56 Å². The third kappa shape index (κ3) is 5.08. The summed E-state index contributed by atoms with van der Waals surface area (Å²) in [6.45, 7) is 5.24. The number of hydrogen-bond donors (Lipinski definition) is 2. The molecule has 0 bridgehead atoms. The smallest absolute Gasteiger partial charge is 0.337 e. The molecule has 18 heavy (non-hydrogen) atoms. The number of carboxylic acids is 1. The normalized spacial score (nSPS) is 10.7. The van der Waals surface area contributed by atoms with Crippen molar-refractivity contribution in [2.45, 2.75) is 33.1 Å². The van der Waals surface area contributed by atoms with Gasteiger partial charge < -0.3 is 10.4 Å². The fourth-order valence-corrected chi connectivity index (χ4v) is 2.11. The van der Waals surface area contributed by atoms with Gasteiger partial charge in [-0.1, -0.05) is 42.6 Å². The van der Waals surface area contributed by atoms with Crippen LogP contribution in [0.5, 0.6) is 0 Å². The highest BCUT2D eigenvalue weighted by molar-refractivity contribution is 9.10. The van der Waals surface area contributed by atoms with Gasteiger partial charge in [0, 0.05) is 16.7 Å². The molecule has 2 N–H and O–H groups in total. The molecule has 0 fully saturated rings. The zero-order valence-electron chi connectivity index (χ0n) is 10.9. The Bertz CT molecular complexity index is 405. The second-order valence-electron chi connectivity index (χ2n) is 4.81. The fourth-order valence-electron chi connectivity index (χ4n) is 1.75. The number of aromatic carboxylic acids is 1. The highest BCUT2D eigenvalue weighted by Crippen LogP contribution is 2.21. The topological polar surface area (TPSA) is 49.3 Å². The molecule has 0 amide bonds. The molecule has 3 nitrogen and oxygen atoms in total. The summed E-state index contributed by atoms with van der Waals surface area (Å²) >= 11 is 3.28. The van der Waals surface area contributed by atoms with Crippen LogP contribution in [0, 0.1) is 5.92 Å². The van der Waals surface area contributed by atoms with E-state index in [9.17, 15) is 4.79 Å². The summed E-state index contributed by atoms with van der Waals surface area (Å²) in [5.41, 5.74) is 1.00. The van der Waals surface area contributed by atoms with Crippen LogP contribution in [0.1, 0.15) is 43.5 Å². The highest BCUT2D eigenvalue weighted by Gasteiger charge is 2.09. The van der Waals surface area contributed by atoms with Gasteiger partial charge in [-0.2, -0.15) is 0 Å².